The molecule has 1 aliphatic heterocycles. The fourth-order valence-corrected chi connectivity index (χ4v) is 1.25. The number of H-pyrrole nitrogens is 1. The van der Waals surface area contributed by atoms with Crippen molar-refractivity contribution in [3.8, 4) is 0 Å². The lowest BCUT2D eigenvalue weighted by molar-refractivity contribution is 0.545. The van der Waals surface area contributed by atoms with E-state index >= 15 is 0 Å². The molecule has 4 heteroatoms. The maximum Gasteiger partial charge on any atom is 0.0594 e. The van der Waals surface area contributed by atoms with Crippen LogP contribution in [-0.2, 0) is 6.54 Å². The van der Waals surface area contributed by atoms with Crippen molar-refractivity contribution >= 4 is 0 Å². The standard InChI is InChI=1S/C6H10N4/c7-5-3-8-1-4-2-9-10-6(4)5/h2,5,8H,1,3,7H2,(H,9,10). The molecule has 1 atom stereocenters. The van der Waals surface area contributed by atoms with Crippen LogP contribution in [0.3, 0.4) is 0 Å². The molecule has 0 bridgehead atoms. The molecule has 1 aromatic rings. The van der Waals surface area contributed by atoms with Crippen LogP contribution in [0.1, 0.15) is 17.3 Å². The lowest BCUT2D eigenvalue weighted by atomic mass is 10.1. The van der Waals surface area contributed by atoms with Crippen LogP contribution in [0.5, 0.6) is 0 Å². The Kier molecular flexibility index (Phi) is 1.22. The van der Waals surface area contributed by atoms with E-state index in [2.05, 4.69) is 15.5 Å². The van der Waals surface area contributed by atoms with Gasteiger partial charge in [0.25, 0.3) is 0 Å². The normalized spacial score (nSPS) is 24.3. The fraction of sp³-hybridized carbons (Fsp3) is 0.500. The molecule has 0 radical (unpaired) electrons. The molecule has 2 rings (SSSR count). The zero-order valence-electron chi connectivity index (χ0n) is 5.59. The first kappa shape index (κ1) is 5.88. The summed E-state index contributed by atoms with van der Waals surface area (Å²) in [4.78, 5) is 0. The highest BCUT2D eigenvalue weighted by atomic mass is 15.1. The Labute approximate surface area is 58.8 Å². The molecule has 10 heavy (non-hydrogen) atoms. The van der Waals surface area contributed by atoms with Gasteiger partial charge in [-0.3, -0.25) is 5.10 Å². The average molecular weight is 138 g/mol. The number of hydrogen-bond acceptors (Lipinski definition) is 3. The summed E-state index contributed by atoms with van der Waals surface area (Å²) in [5.74, 6) is 0. The van der Waals surface area contributed by atoms with Crippen molar-refractivity contribution in [2.75, 3.05) is 6.54 Å². The predicted molar refractivity (Wildman–Crippen MR) is 37.2 cm³/mol. The van der Waals surface area contributed by atoms with Crippen LogP contribution < -0.4 is 11.1 Å². The Morgan fingerprint density at radius 2 is 2.60 bits per heavy atom. The highest BCUT2D eigenvalue weighted by molar-refractivity contribution is 5.22. The summed E-state index contributed by atoms with van der Waals surface area (Å²) in [6.45, 7) is 1.73. The molecule has 0 aliphatic carbocycles. The van der Waals surface area contributed by atoms with Crippen LogP contribution in [0.15, 0.2) is 6.20 Å². The molecule has 0 saturated carbocycles. The third-order valence-corrected chi connectivity index (χ3v) is 1.80. The van der Waals surface area contributed by atoms with Gasteiger partial charge in [0.1, 0.15) is 0 Å². The Bertz CT molecular complexity index is 229. The largest absolute Gasteiger partial charge is 0.322 e. The van der Waals surface area contributed by atoms with Gasteiger partial charge in [-0.05, 0) is 0 Å². The number of hydrogen-bond donors (Lipinski definition) is 3. The van der Waals surface area contributed by atoms with E-state index in [0.29, 0.717) is 0 Å². The Morgan fingerprint density at radius 3 is 3.40 bits per heavy atom. The molecule has 0 saturated heterocycles. The van der Waals surface area contributed by atoms with E-state index in [1.54, 1.807) is 0 Å². The number of nitrogens with zero attached hydrogens (tertiary/aromatic N) is 1. The third-order valence-electron chi connectivity index (χ3n) is 1.80. The van der Waals surface area contributed by atoms with Gasteiger partial charge in [-0.15, -0.1) is 0 Å². The number of aromatic amines is 1. The first-order valence-electron chi connectivity index (χ1n) is 3.36. The molecular weight excluding hydrogens is 128 g/mol. The van der Waals surface area contributed by atoms with Crippen molar-refractivity contribution in [3.63, 3.8) is 0 Å². The minimum Gasteiger partial charge on any atom is -0.322 e. The molecule has 54 valence electrons. The number of nitrogens with two attached hydrogens (primary N) is 1. The lowest BCUT2D eigenvalue weighted by Crippen LogP contribution is -2.32. The monoisotopic (exact) mass is 138 g/mol. The Morgan fingerprint density at radius 1 is 1.70 bits per heavy atom. The van der Waals surface area contributed by atoms with Crippen LogP contribution in [0.4, 0.5) is 0 Å². The topological polar surface area (TPSA) is 66.7 Å². The van der Waals surface area contributed by atoms with E-state index in [1.165, 1.54) is 5.56 Å². The van der Waals surface area contributed by atoms with Crippen LogP contribution in [0, 0.1) is 0 Å². The van der Waals surface area contributed by atoms with Crippen molar-refractivity contribution in [1.82, 2.24) is 15.5 Å². The quantitative estimate of drug-likeness (QED) is 0.453. The lowest BCUT2D eigenvalue weighted by Gasteiger charge is -2.18. The fourth-order valence-electron chi connectivity index (χ4n) is 1.25. The van der Waals surface area contributed by atoms with Crippen molar-refractivity contribution in [2.45, 2.75) is 12.6 Å². The van der Waals surface area contributed by atoms with Gasteiger partial charge in [-0.25, -0.2) is 0 Å². The first-order chi connectivity index (χ1) is 4.88. The molecule has 2 heterocycles. The highest BCUT2D eigenvalue weighted by Gasteiger charge is 2.16. The zero-order chi connectivity index (χ0) is 6.97. The summed E-state index contributed by atoms with van der Waals surface area (Å²) >= 11 is 0. The van der Waals surface area contributed by atoms with Crippen LogP contribution in [-0.4, -0.2) is 16.7 Å². The van der Waals surface area contributed by atoms with Gasteiger partial charge >= 0.3 is 0 Å². The Balaban J connectivity index is 2.41. The number of aromatic nitrogens is 2. The molecule has 4 nitrogen and oxygen atoms in total. The molecule has 4 N–H and O–H groups in total. The second-order valence-corrected chi connectivity index (χ2v) is 2.55. The smallest absolute Gasteiger partial charge is 0.0594 e. The molecule has 0 aromatic carbocycles. The van der Waals surface area contributed by atoms with Crippen LogP contribution >= 0.6 is 0 Å². The zero-order valence-corrected chi connectivity index (χ0v) is 5.59. The predicted octanol–water partition coefficient (Wildman–Crippen LogP) is -0.487. The van der Waals surface area contributed by atoms with Crippen molar-refractivity contribution in [2.24, 2.45) is 5.73 Å². The first-order valence-corrected chi connectivity index (χ1v) is 3.36. The molecule has 0 spiro atoms. The second kappa shape index (κ2) is 2.07. The average Bonchev–Trinajstić information content (AvgIpc) is 2.36. The molecule has 1 aromatic heterocycles. The van der Waals surface area contributed by atoms with E-state index in [0.717, 1.165) is 18.8 Å². The maximum atomic E-state index is 5.76. The van der Waals surface area contributed by atoms with Crippen molar-refractivity contribution in [3.05, 3.63) is 17.5 Å². The van der Waals surface area contributed by atoms with Crippen LogP contribution in [0.2, 0.25) is 0 Å². The van der Waals surface area contributed by atoms with Gasteiger partial charge in [0.05, 0.1) is 17.9 Å². The minimum absolute atomic E-state index is 0.0891. The Hall–Kier alpha value is -0.870. The van der Waals surface area contributed by atoms with Gasteiger partial charge in [0.15, 0.2) is 0 Å². The summed E-state index contributed by atoms with van der Waals surface area (Å²) in [7, 11) is 0. The molecular formula is C6H10N4. The molecule has 0 fully saturated rings. The van der Waals surface area contributed by atoms with Gasteiger partial charge < -0.3 is 11.1 Å². The summed E-state index contributed by atoms with van der Waals surface area (Å²) < 4.78 is 0. The van der Waals surface area contributed by atoms with Gasteiger partial charge in [0, 0.05) is 18.7 Å². The number of nitrogens with one attached hydrogen (secondary N) is 2. The minimum atomic E-state index is 0.0891. The molecule has 0 amide bonds. The van der Waals surface area contributed by atoms with E-state index < -0.39 is 0 Å². The van der Waals surface area contributed by atoms with Crippen molar-refractivity contribution < 1.29 is 0 Å². The van der Waals surface area contributed by atoms with Gasteiger partial charge in [0.2, 0.25) is 0 Å². The highest BCUT2D eigenvalue weighted by Crippen LogP contribution is 2.15. The molecule has 1 aliphatic rings. The van der Waals surface area contributed by atoms with Gasteiger partial charge in [-0.1, -0.05) is 0 Å². The SMILES string of the molecule is NC1CNCc2cn[nH]c21. The molecule has 1 unspecified atom stereocenters. The number of rotatable bonds is 0. The number of fused-ring (bicyclic) bond motifs is 1. The summed E-state index contributed by atoms with van der Waals surface area (Å²) in [5.41, 5.74) is 8.03. The summed E-state index contributed by atoms with van der Waals surface area (Å²) in [5, 5.41) is 9.99. The third kappa shape index (κ3) is 0.732. The van der Waals surface area contributed by atoms with E-state index in [-0.39, 0.29) is 6.04 Å². The van der Waals surface area contributed by atoms with E-state index in [1.807, 2.05) is 6.20 Å². The van der Waals surface area contributed by atoms with Gasteiger partial charge in [-0.2, -0.15) is 5.10 Å². The summed E-state index contributed by atoms with van der Waals surface area (Å²) in [6.07, 6.45) is 1.82. The van der Waals surface area contributed by atoms with E-state index in [9.17, 15) is 0 Å². The summed E-state index contributed by atoms with van der Waals surface area (Å²) in [6, 6.07) is 0.0891. The van der Waals surface area contributed by atoms with Crippen molar-refractivity contribution in [1.29, 1.82) is 0 Å². The maximum absolute atomic E-state index is 5.76. The van der Waals surface area contributed by atoms with E-state index in [4.69, 9.17) is 5.73 Å². The van der Waals surface area contributed by atoms with Crippen LogP contribution in [0.25, 0.3) is 0 Å². The second-order valence-electron chi connectivity index (χ2n) is 2.55.